The summed E-state index contributed by atoms with van der Waals surface area (Å²) < 4.78 is 27.4. The smallest absolute Gasteiger partial charge is 0.358 e. The summed E-state index contributed by atoms with van der Waals surface area (Å²) in [6, 6.07) is 4.98. The number of carbonyl (C=O) groups is 5. The highest BCUT2D eigenvalue weighted by atomic mass is 16.6. The van der Waals surface area contributed by atoms with E-state index in [2.05, 4.69) is 0 Å². The zero-order chi connectivity index (χ0) is 33.5. The average Bonchev–Trinajstić information content (AvgIpc) is 3.36. The molecule has 46 heavy (non-hydrogen) atoms. The van der Waals surface area contributed by atoms with Crippen LogP contribution in [-0.2, 0) is 33.4 Å². The third kappa shape index (κ3) is 4.02. The number of aromatic hydroxyl groups is 2. The van der Waals surface area contributed by atoms with Gasteiger partial charge in [0.25, 0.3) is 5.60 Å². The maximum atomic E-state index is 13.6. The Bertz CT molecular complexity index is 1770. The average molecular weight is 639 g/mol. The first kappa shape index (κ1) is 30.9. The molecule has 0 spiro atoms. The van der Waals surface area contributed by atoms with E-state index in [4.69, 9.17) is 23.7 Å². The first-order valence-corrected chi connectivity index (χ1v) is 14.4. The summed E-state index contributed by atoms with van der Waals surface area (Å²) >= 11 is 0. The lowest BCUT2D eigenvalue weighted by atomic mass is 9.69. The number of carbonyl (C=O) groups excluding carboxylic acids is 5. The van der Waals surface area contributed by atoms with Crippen molar-refractivity contribution in [3.8, 4) is 34.1 Å². The standard InChI is InChI=1S/C32H30O14/c1-12-9-17(34)23-25(38)22-19(45-32(23,27(12)39)30(41)43-4)8-6-14(24(22)37)15-5-7-16(33)21-18(35)11-31(29(40)42-3,46-26(15)21)28-13(2)10-20(36)44-28/h5-8,12-13,27-28,33,37-39H,9-11H2,1-4H3/t12-,13-,27+,28-,31+,32+/m0/s1. The number of fused-ring (bicyclic) bond motifs is 3. The van der Waals surface area contributed by atoms with Crippen LogP contribution in [0.3, 0.4) is 0 Å². The van der Waals surface area contributed by atoms with Gasteiger partial charge >= 0.3 is 17.9 Å². The van der Waals surface area contributed by atoms with Crippen molar-refractivity contribution in [2.45, 2.75) is 56.5 Å². The number of hydrogen-bond donors (Lipinski definition) is 4. The van der Waals surface area contributed by atoms with Gasteiger partial charge in [0.15, 0.2) is 17.7 Å². The molecule has 1 aliphatic carbocycles. The monoisotopic (exact) mass is 638 g/mol. The summed E-state index contributed by atoms with van der Waals surface area (Å²) in [5, 5.41) is 44.9. The molecular formula is C32H30O14. The van der Waals surface area contributed by atoms with Gasteiger partial charge in [0, 0.05) is 23.5 Å². The van der Waals surface area contributed by atoms with E-state index in [-0.39, 0.29) is 41.0 Å². The molecule has 14 nitrogen and oxygen atoms in total. The van der Waals surface area contributed by atoms with Crippen LogP contribution in [0.15, 0.2) is 29.8 Å². The number of rotatable bonds is 4. The second-order valence-corrected chi connectivity index (χ2v) is 11.9. The van der Waals surface area contributed by atoms with E-state index in [1.165, 1.54) is 25.1 Å². The number of hydrogen-bond acceptors (Lipinski definition) is 14. The molecule has 0 unspecified atom stereocenters. The quantitative estimate of drug-likeness (QED) is 0.279. The Morgan fingerprint density at radius 3 is 2.15 bits per heavy atom. The highest BCUT2D eigenvalue weighted by molar-refractivity contribution is 6.13. The van der Waals surface area contributed by atoms with Crippen LogP contribution in [0, 0.1) is 11.8 Å². The minimum absolute atomic E-state index is 0.0439. The zero-order valence-electron chi connectivity index (χ0n) is 25.1. The molecule has 2 aromatic rings. The van der Waals surface area contributed by atoms with E-state index in [1.807, 2.05) is 0 Å². The summed E-state index contributed by atoms with van der Waals surface area (Å²) in [7, 11) is 2.10. The van der Waals surface area contributed by atoms with Crippen molar-refractivity contribution >= 4 is 35.2 Å². The predicted molar refractivity (Wildman–Crippen MR) is 153 cm³/mol. The predicted octanol–water partition coefficient (Wildman–Crippen LogP) is 2.14. The fourth-order valence-corrected chi connectivity index (χ4v) is 7.00. The maximum Gasteiger partial charge on any atom is 0.358 e. The Hall–Kier alpha value is -5.11. The van der Waals surface area contributed by atoms with Crippen molar-refractivity contribution < 1.29 is 68.1 Å². The zero-order valence-corrected chi connectivity index (χ0v) is 25.1. The van der Waals surface area contributed by atoms with Gasteiger partial charge in [-0.05, 0) is 30.2 Å². The molecule has 6 atom stereocenters. The number of phenolic OH excluding ortho intramolecular Hbond substituents is 2. The van der Waals surface area contributed by atoms with Gasteiger partial charge in [-0.1, -0.05) is 13.8 Å². The topological polar surface area (TPSA) is 212 Å². The SMILES string of the molecule is COC(=O)[C@@]12Oc3ccc(-c4ccc(O)c5c4O[C@@](C(=O)OC)([C@H]4OC(=O)C[C@@H]4C)CC5=O)c(O)c3C(O)=C1C(=O)C[C@H](C)[C@H]2O. The first-order valence-electron chi connectivity index (χ1n) is 14.4. The van der Waals surface area contributed by atoms with Gasteiger partial charge < -0.3 is 44.1 Å². The van der Waals surface area contributed by atoms with Crippen LogP contribution in [0.5, 0.6) is 23.0 Å². The second-order valence-electron chi connectivity index (χ2n) is 11.9. The number of ketones is 2. The summed E-state index contributed by atoms with van der Waals surface area (Å²) in [5.74, 6) is -8.24. The molecule has 3 heterocycles. The molecule has 1 saturated carbocycles. The number of methoxy groups -OCH3 is 2. The summed E-state index contributed by atoms with van der Waals surface area (Å²) in [6.45, 7) is 3.16. The van der Waals surface area contributed by atoms with Gasteiger partial charge in [-0.15, -0.1) is 0 Å². The van der Waals surface area contributed by atoms with E-state index in [0.29, 0.717) is 0 Å². The Kier molecular flexibility index (Phi) is 7.04. The number of aliphatic hydroxyl groups excluding tert-OH is 2. The van der Waals surface area contributed by atoms with E-state index in [1.54, 1.807) is 6.92 Å². The van der Waals surface area contributed by atoms with Crippen LogP contribution >= 0.6 is 0 Å². The lowest BCUT2D eigenvalue weighted by Crippen LogP contribution is -2.64. The van der Waals surface area contributed by atoms with Gasteiger partial charge in [-0.2, -0.15) is 0 Å². The molecule has 0 bridgehead atoms. The minimum atomic E-state index is -2.42. The van der Waals surface area contributed by atoms with Crippen molar-refractivity contribution in [3.05, 3.63) is 41.0 Å². The molecule has 4 N–H and O–H groups in total. The highest BCUT2D eigenvalue weighted by Crippen LogP contribution is 2.55. The Balaban J connectivity index is 1.56. The second kappa shape index (κ2) is 10.5. The highest BCUT2D eigenvalue weighted by Gasteiger charge is 2.63. The van der Waals surface area contributed by atoms with Gasteiger partial charge in [0.05, 0.1) is 32.6 Å². The fraction of sp³-hybridized carbons (Fsp3) is 0.406. The van der Waals surface area contributed by atoms with Crippen LogP contribution in [0.25, 0.3) is 16.9 Å². The Labute approximate surface area is 261 Å². The molecule has 3 aliphatic heterocycles. The molecular weight excluding hydrogens is 608 g/mol. The molecule has 242 valence electrons. The third-order valence-electron chi connectivity index (χ3n) is 9.15. The first-order chi connectivity index (χ1) is 21.7. The number of phenols is 2. The van der Waals surface area contributed by atoms with Crippen LogP contribution in [-0.4, -0.2) is 87.5 Å². The van der Waals surface area contributed by atoms with Gasteiger partial charge in [0.2, 0.25) is 5.60 Å². The van der Waals surface area contributed by atoms with E-state index in [9.17, 15) is 44.4 Å². The number of cyclic esters (lactones) is 1. The van der Waals surface area contributed by atoms with Gasteiger partial charge in [0.1, 0.15) is 46.0 Å². The number of esters is 3. The van der Waals surface area contributed by atoms with Crippen LogP contribution in [0.4, 0.5) is 0 Å². The lowest BCUT2D eigenvalue weighted by Gasteiger charge is -2.45. The van der Waals surface area contributed by atoms with Gasteiger partial charge in [-0.25, -0.2) is 9.59 Å². The summed E-state index contributed by atoms with van der Waals surface area (Å²) in [6.07, 6.45) is -3.79. The third-order valence-corrected chi connectivity index (χ3v) is 9.15. The van der Waals surface area contributed by atoms with E-state index < -0.39 is 99.5 Å². The van der Waals surface area contributed by atoms with Crippen LogP contribution < -0.4 is 9.47 Å². The van der Waals surface area contributed by atoms with Crippen molar-refractivity contribution in [1.82, 2.24) is 0 Å². The van der Waals surface area contributed by atoms with Gasteiger partial charge in [-0.3, -0.25) is 14.4 Å². The van der Waals surface area contributed by atoms with Crippen LogP contribution in [0.2, 0.25) is 0 Å². The minimum Gasteiger partial charge on any atom is -0.507 e. The summed E-state index contributed by atoms with van der Waals surface area (Å²) in [5.41, 5.74) is -6.07. The summed E-state index contributed by atoms with van der Waals surface area (Å²) in [4.78, 5) is 65.4. The molecule has 0 aromatic heterocycles. The van der Waals surface area contributed by atoms with E-state index in [0.717, 1.165) is 20.3 Å². The lowest BCUT2D eigenvalue weighted by molar-refractivity contribution is -0.177. The maximum absolute atomic E-state index is 13.6. The molecule has 0 radical (unpaired) electrons. The molecule has 2 fully saturated rings. The normalized spacial score (nSPS) is 29.9. The van der Waals surface area contributed by atoms with Crippen molar-refractivity contribution in [1.29, 1.82) is 0 Å². The molecule has 4 aliphatic rings. The molecule has 6 rings (SSSR count). The fourth-order valence-electron chi connectivity index (χ4n) is 7.00. The van der Waals surface area contributed by atoms with E-state index >= 15 is 0 Å². The molecule has 0 amide bonds. The number of benzene rings is 2. The Morgan fingerprint density at radius 2 is 1.52 bits per heavy atom. The molecule has 2 aromatic carbocycles. The molecule has 14 heteroatoms. The molecule has 1 saturated heterocycles. The number of aliphatic hydroxyl groups is 2. The van der Waals surface area contributed by atoms with Crippen molar-refractivity contribution in [2.75, 3.05) is 14.2 Å². The van der Waals surface area contributed by atoms with Crippen molar-refractivity contribution in [2.24, 2.45) is 11.8 Å². The largest absolute Gasteiger partial charge is 0.507 e. The Morgan fingerprint density at radius 1 is 0.848 bits per heavy atom. The number of Topliss-reactive ketones (excluding diaryl/α,β-unsaturated/α-hetero) is 2. The number of ether oxygens (including phenoxy) is 5. The van der Waals surface area contributed by atoms with Crippen molar-refractivity contribution in [3.63, 3.8) is 0 Å². The van der Waals surface area contributed by atoms with Crippen LogP contribution in [0.1, 0.15) is 49.0 Å².